The van der Waals surface area contributed by atoms with Gasteiger partial charge in [-0.2, -0.15) is 5.10 Å². The smallest absolute Gasteiger partial charge is 0.263 e. The Bertz CT molecular complexity index is 1290. The molecule has 0 saturated carbocycles. The van der Waals surface area contributed by atoms with E-state index in [1.165, 1.54) is 30.5 Å². The Morgan fingerprint density at radius 2 is 1.69 bits per heavy atom. The zero-order valence-electron chi connectivity index (χ0n) is 16.8. The fourth-order valence-corrected chi connectivity index (χ4v) is 5.58. The molecule has 0 aliphatic heterocycles. The quantitative estimate of drug-likeness (QED) is 0.630. The van der Waals surface area contributed by atoms with E-state index in [1.807, 2.05) is 0 Å². The molecule has 9 nitrogen and oxygen atoms in total. The van der Waals surface area contributed by atoms with Gasteiger partial charge in [0.1, 0.15) is 9.79 Å². The molecule has 3 rings (SSSR count). The standard InChI is InChI=1S/C18H23N5O4S2/c1-12-14-10-13(11-19-17(14)23(5)20-12)28(24,25)21-15-8-6-7-9-16(15)29(26,27)22-18(2,3)4/h6-11,21-22H,1-5H3. The second-order valence-electron chi connectivity index (χ2n) is 7.71. The molecule has 3 aromatic rings. The molecule has 2 heterocycles. The van der Waals surface area contributed by atoms with E-state index in [1.54, 1.807) is 45.5 Å². The molecule has 0 spiro atoms. The number of nitrogens with zero attached hydrogens (tertiary/aromatic N) is 3. The molecule has 0 fully saturated rings. The summed E-state index contributed by atoms with van der Waals surface area (Å²) < 4.78 is 57.8. The van der Waals surface area contributed by atoms with Gasteiger partial charge in [-0.1, -0.05) is 12.1 Å². The average molecular weight is 438 g/mol. The van der Waals surface area contributed by atoms with Gasteiger partial charge in [0.15, 0.2) is 5.65 Å². The Morgan fingerprint density at radius 3 is 2.34 bits per heavy atom. The van der Waals surface area contributed by atoms with Crippen molar-refractivity contribution in [1.82, 2.24) is 19.5 Å². The Labute approximate surface area is 170 Å². The van der Waals surface area contributed by atoms with Gasteiger partial charge in [-0.05, 0) is 45.9 Å². The van der Waals surface area contributed by atoms with Crippen LogP contribution in [0, 0.1) is 6.92 Å². The van der Waals surface area contributed by atoms with Crippen molar-refractivity contribution >= 4 is 36.8 Å². The molecule has 11 heteroatoms. The molecule has 1 aromatic carbocycles. The van der Waals surface area contributed by atoms with Crippen LogP contribution in [0.5, 0.6) is 0 Å². The number of benzene rings is 1. The zero-order chi connectivity index (χ0) is 21.6. The van der Waals surface area contributed by atoms with Crippen molar-refractivity contribution in [3.05, 3.63) is 42.2 Å². The molecule has 0 amide bonds. The molecule has 2 N–H and O–H groups in total. The Morgan fingerprint density at radius 1 is 1.03 bits per heavy atom. The highest BCUT2D eigenvalue weighted by molar-refractivity contribution is 7.93. The van der Waals surface area contributed by atoms with E-state index in [-0.39, 0.29) is 15.5 Å². The number of sulfonamides is 2. The van der Waals surface area contributed by atoms with Crippen molar-refractivity contribution in [3.8, 4) is 0 Å². The van der Waals surface area contributed by atoms with Crippen LogP contribution >= 0.6 is 0 Å². The lowest BCUT2D eigenvalue weighted by Gasteiger charge is -2.21. The fraction of sp³-hybridized carbons (Fsp3) is 0.333. The zero-order valence-corrected chi connectivity index (χ0v) is 18.4. The second-order valence-corrected chi connectivity index (χ2v) is 11.0. The van der Waals surface area contributed by atoms with Gasteiger partial charge in [0.25, 0.3) is 10.0 Å². The maximum atomic E-state index is 12.9. The van der Waals surface area contributed by atoms with Gasteiger partial charge in [0.05, 0.1) is 11.4 Å². The number of anilines is 1. The highest BCUT2D eigenvalue weighted by Crippen LogP contribution is 2.26. The molecule has 0 aliphatic carbocycles. The lowest BCUT2D eigenvalue weighted by atomic mass is 10.1. The van der Waals surface area contributed by atoms with Gasteiger partial charge < -0.3 is 0 Å². The van der Waals surface area contributed by atoms with Crippen LogP contribution in [0.15, 0.2) is 46.3 Å². The number of aryl methyl sites for hydroxylation is 2. The van der Waals surface area contributed by atoms with Gasteiger partial charge in [-0.3, -0.25) is 9.40 Å². The van der Waals surface area contributed by atoms with Crippen molar-refractivity contribution in [2.45, 2.75) is 43.0 Å². The Kier molecular flexibility index (Phi) is 5.18. The van der Waals surface area contributed by atoms with Crippen LogP contribution in [-0.2, 0) is 27.1 Å². The lowest BCUT2D eigenvalue weighted by molar-refractivity contribution is 0.492. The van der Waals surface area contributed by atoms with Crippen LogP contribution < -0.4 is 9.44 Å². The largest absolute Gasteiger partial charge is 0.278 e. The second kappa shape index (κ2) is 7.08. The third-order valence-corrected chi connectivity index (χ3v) is 7.16. The first-order valence-electron chi connectivity index (χ1n) is 8.75. The lowest BCUT2D eigenvalue weighted by Crippen LogP contribution is -2.40. The number of rotatable bonds is 5. The van der Waals surface area contributed by atoms with Gasteiger partial charge >= 0.3 is 0 Å². The molecule has 0 unspecified atom stereocenters. The van der Waals surface area contributed by atoms with E-state index >= 15 is 0 Å². The summed E-state index contributed by atoms with van der Waals surface area (Å²) in [5.74, 6) is 0. The molecule has 0 atom stereocenters. The van der Waals surface area contributed by atoms with Gasteiger partial charge in [0, 0.05) is 24.2 Å². The minimum atomic E-state index is -4.08. The SMILES string of the molecule is Cc1nn(C)c2ncc(S(=O)(=O)Nc3ccccc3S(=O)(=O)NC(C)(C)C)cc12. The van der Waals surface area contributed by atoms with E-state index in [0.717, 1.165) is 0 Å². The van der Waals surface area contributed by atoms with Crippen molar-refractivity contribution < 1.29 is 16.8 Å². The summed E-state index contributed by atoms with van der Waals surface area (Å²) in [6.45, 7) is 6.87. The highest BCUT2D eigenvalue weighted by atomic mass is 32.2. The third kappa shape index (κ3) is 4.41. The highest BCUT2D eigenvalue weighted by Gasteiger charge is 2.26. The van der Waals surface area contributed by atoms with Crippen LogP contribution in [-0.4, -0.2) is 37.1 Å². The van der Waals surface area contributed by atoms with Gasteiger partial charge in [-0.25, -0.2) is 26.5 Å². The van der Waals surface area contributed by atoms with Crippen LogP contribution in [0.1, 0.15) is 26.5 Å². The predicted molar refractivity (Wildman–Crippen MR) is 111 cm³/mol. The minimum Gasteiger partial charge on any atom is -0.278 e. The number of para-hydroxylation sites is 1. The van der Waals surface area contributed by atoms with E-state index in [2.05, 4.69) is 19.5 Å². The van der Waals surface area contributed by atoms with Gasteiger partial charge in [0.2, 0.25) is 10.0 Å². The fourth-order valence-electron chi connectivity index (χ4n) is 2.88. The first kappa shape index (κ1) is 21.2. The summed E-state index contributed by atoms with van der Waals surface area (Å²) in [4.78, 5) is 3.93. The molecule has 0 radical (unpaired) electrons. The van der Waals surface area contributed by atoms with Crippen molar-refractivity contribution in [1.29, 1.82) is 0 Å². The summed E-state index contributed by atoms with van der Waals surface area (Å²) in [7, 11) is -6.31. The maximum Gasteiger partial charge on any atom is 0.263 e. The first-order chi connectivity index (χ1) is 13.3. The summed E-state index contributed by atoms with van der Waals surface area (Å²) >= 11 is 0. The number of aromatic nitrogens is 3. The Balaban J connectivity index is 2.03. The minimum absolute atomic E-state index is 0.0488. The van der Waals surface area contributed by atoms with Crippen molar-refractivity contribution in [2.24, 2.45) is 7.05 Å². The summed E-state index contributed by atoms with van der Waals surface area (Å²) in [5, 5.41) is 4.83. The molecule has 29 heavy (non-hydrogen) atoms. The summed E-state index contributed by atoms with van der Waals surface area (Å²) in [6.07, 6.45) is 1.22. The molecular formula is C18H23N5O4S2. The molecular weight excluding hydrogens is 414 g/mol. The summed E-state index contributed by atoms with van der Waals surface area (Å²) in [5.41, 5.74) is 0.424. The van der Waals surface area contributed by atoms with Crippen molar-refractivity contribution in [3.63, 3.8) is 0 Å². The van der Waals surface area contributed by atoms with Crippen molar-refractivity contribution in [2.75, 3.05) is 4.72 Å². The van der Waals surface area contributed by atoms with E-state index in [0.29, 0.717) is 16.7 Å². The van der Waals surface area contributed by atoms with E-state index in [9.17, 15) is 16.8 Å². The van der Waals surface area contributed by atoms with Crippen LogP contribution in [0.2, 0.25) is 0 Å². The summed E-state index contributed by atoms with van der Waals surface area (Å²) in [6, 6.07) is 7.30. The van der Waals surface area contributed by atoms with Gasteiger partial charge in [-0.15, -0.1) is 0 Å². The number of nitrogens with one attached hydrogen (secondary N) is 2. The van der Waals surface area contributed by atoms with Crippen LogP contribution in [0.4, 0.5) is 5.69 Å². The number of hydrogen-bond donors (Lipinski definition) is 2. The number of pyridine rings is 1. The topological polar surface area (TPSA) is 123 Å². The molecule has 0 saturated heterocycles. The monoisotopic (exact) mass is 437 g/mol. The van der Waals surface area contributed by atoms with Crippen LogP contribution in [0.3, 0.4) is 0 Å². The maximum absolute atomic E-state index is 12.9. The number of hydrogen-bond acceptors (Lipinski definition) is 6. The van der Waals surface area contributed by atoms with E-state index in [4.69, 9.17) is 0 Å². The third-order valence-electron chi connectivity index (χ3n) is 4.01. The molecule has 0 bridgehead atoms. The molecule has 0 aliphatic rings. The molecule has 2 aromatic heterocycles. The van der Waals surface area contributed by atoms with Crippen LogP contribution in [0.25, 0.3) is 11.0 Å². The normalized spacial score (nSPS) is 13.0. The molecule has 156 valence electrons. The van der Waals surface area contributed by atoms with E-state index < -0.39 is 25.6 Å². The average Bonchev–Trinajstić information content (AvgIpc) is 2.87. The Hall–Kier alpha value is -2.50. The first-order valence-corrected chi connectivity index (χ1v) is 11.7. The predicted octanol–water partition coefficient (Wildman–Crippen LogP) is 2.15. The number of fused-ring (bicyclic) bond motifs is 1.